The van der Waals surface area contributed by atoms with E-state index in [1.54, 1.807) is 0 Å². The summed E-state index contributed by atoms with van der Waals surface area (Å²) in [6.07, 6.45) is 12.0. The molecular weight excluding hydrogens is 737 g/mol. The second kappa shape index (κ2) is 16.6. The second-order valence-corrected chi connectivity index (χ2v) is 18.5. The van der Waals surface area contributed by atoms with Crippen LogP contribution in [0, 0.1) is 0 Å². The van der Waals surface area contributed by atoms with Crippen LogP contribution >= 0.6 is 12.0 Å². The molecule has 2 aromatic carbocycles. The summed E-state index contributed by atoms with van der Waals surface area (Å²) in [4.78, 5) is 4.51. The Morgan fingerprint density at radius 2 is 1.26 bits per heavy atom. The smallest absolute Gasteiger partial charge is 0.344 e. The molecule has 15 heteroatoms. The molecule has 1 aliphatic carbocycles. The molecule has 0 amide bonds. The standard InChI is InChI=1S/C38H50N4O8S3/c1-37(2)30-14-6-8-16-32(30)41(24-10-12-26-51-50-49-43)34(37)22-20-28-18-19-29(36(28)40(5)53(39,47)48)21-23-35-38(3,4)31-15-7-9-17-33(31)42(35)25-11-13-27-52(44,45)46/h6-9,14-17,20-23H,10-13,18-19,24-27H2,1-5H3,(H3-,39,43,44,45,46,47,48)/p+1. The minimum atomic E-state index is -4.08. The van der Waals surface area contributed by atoms with E-state index >= 15 is 0 Å². The van der Waals surface area contributed by atoms with E-state index < -0.39 is 20.3 Å². The molecule has 5 rings (SSSR count). The van der Waals surface area contributed by atoms with Gasteiger partial charge in [0.05, 0.1) is 5.75 Å². The maximum absolute atomic E-state index is 12.9. The summed E-state index contributed by atoms with van der Waals surface area (Å²) in [7, 11) is -6.65. The number of nitrogens with two attached hydrogens (primary N) is 1. The van der Waals surface area contributed by atoms with Crippen molar-refractivity contribution in [2.45, 2.75) is 77.0 Å². The zero-order chi connectivity index (χ0) is 38.6. The Morgan fingerprint density at radius 3 is 1.72 bits per heavy atom. The van der Waals surface area contributed by atoms with Gasteiger partial charge in [-0.05, 0) is 73.9 Å². The van der Waals surface area contributed by atoms with Gasteiger partial charge >= 0.3 is 10.2 Å². The molecular formula is C38H51N4O8S3+. The first-order chi connectivity index (χ1) is 25.0. The lowest BCUT2D eigenvalue weighted by atomic mass is 9.83. The molecule has 4 N–H and O–H groups in total. The number of rotatable bonds is 15. The average molecular weight is 788 g/mol. The maximum Gasteiger partial charge on any atom is 0.437 e. The first kappa shape index (κ1) is 40.9. The highest BCUT2D eigenvalue weighted by Gasteiger charge is 2.41. The number of unbranched alkanes of at least 4 members (excludes halogenated alkanes) is 2. The van der Waals surface area contributed by atoms with Gasteiger partial charge in [-0.3, -0.25) is 4.55 Å². The van der Waals surface area contributed by atoms with Crippen LogP contribution in [0.4, 0.5) is 11.4 Å². The fraction of sp³-hybridized carbons (Fsp3) is 0.447. The van der Waals surface area contributed by atoms with Crippen molar-refractivity contribution in [1.29, 1.82) is 0 Å². The first-order valence-electron chi connectivity index (χ1n) is 17.7. The van der Waals surface area contributed by atoms with E-state index in [4.69, 9.17) is 10.4 Å². The van der Waals surface area contributed by atoms with Crippen LogP contribution in [0.15, 0.2) is 95.4 Å². The quantitative estimate of drug-likeness (QED) is 0.0435. The lowest BCUT2D eigenvalue weighted by Gasteiger charge is -2.27. The van der Waals surface area contributed by atoms with Crippen LogP contribution in [0.25, 0.3) is 0 Å². The largest absolute Gasteiger partial charge is 0.437 e. The summed E-state index contributed by atoms with van der Waals surface area (Å²) in [5, 5.41) is 17.9. The van der Waals surface area contributed by atoms with Crippen LogP contribution in [0.5, 0.6) is 0 Å². The van der Waals surface area contributed by atoms with E-state index in [0.29, 0.717) is 43.7 Å². The molecule has 2 aliphatic heterocycles. The fourth-order valence-corrected chi connectivity index (χ4v) is 9.22. The van der Waals surface area contributed by atoms with Crippen LogP contribution in [-0.2, 0) is 40.5 Å². The predicted molar refractivity (Wildman–Crippen MR) is 212 cm³/mol. The summed E-state index contributed by atoms with van der Waals surface area (Å²) >= 11 is 1.05. The van der Waals surface area contributed by atoms with Gasteiger partial charge in [0.1, 0.15) is 0 Å². The zero-order valence-corrected chi connectivity index (χ0v) is 33.4. The highest BCUT2D eigenvalue weighted by atomic mass is 32.2. The molecule has 0 radical (unpaired) electrons. The third kappa shape index (κ3) is 9.16. The summed E-state index contributed by atoms with van der Waals surface area (Å²) in [5.41, 5.74) is 8.19. The molecule has 0 aromatic heterocycles. The van der Waals surface area contributed by atoms with Crippen molar-refractivity contribution in [3.63, 3.8) is 0 Å². The summed E-state index contributed by atoms with van der Waals surface area (Å²) in [6, 6.07) is 16.5. The van der Waals surface area contributed by atoms with Crippen molar-refractivity contribution in [3.8, 4) is 0 Å². The Morgan fingerprint density at radius 1 is 0.792 bits per heavy atom. The van der Waals surface area contributed by atoms with Gasteiger partial charge in [-0.15, -0.1) is 16.7 Å². The Labute approximate surface area is 318 Å². The minimum Gasteiger partial charge on any atom is -0.344 e. The number of anilines is 2. The van der Waals surface area contributed by atoms with E-state index in [-0.39, 0.29) is 16.6 Å². The molecule has 288 valence electrons. The Bertz CT molecular complexity index is 2070. The van der Waals surface area contributed by atoms with Crippen molar-refractivity contribution in [3.05, 3.63) is 107 Å². The normalized spacial score (nSPS) is 22.0. The minimum absolute atomic E-state index is 0.296. The van der Waals surface area contributed by atoms with Gasteiger partial charge in [0.25, 0.3) is 10.1 Å². The summed E-state index contributed by atoms with van der Waals surface area (Å²) in [5.74, 6) is 0.358. The van der Waals surface area contributed by atoms with E-state index in [0.717, 1.165) is 70.9 Å². The molecule has 0 atom stereocenters. The lowest BCUT2D eigenvalue weighted by molar-refractivity contribution is -0.432. The zero-order valence-electron chi connectivity index (χ0n) is 31.0. The average Bonchev–Trinajstić information content (AvgIpc) is 3.66. The SMILES string of the molecule is C[N+](=C1C(=CC=C2N(CCCCSOOO)c3ccccc3C2(C)C)CC/C1=C\C=C1\N(CCCCS(=O)(=O)O)c2ccccc2C1(C)C)S(N)(=O)=O. The van der Waals surface area contributed by atoms with Gasteiger partial charge in [-0.25, -0.2) is 5.26 Å². The number of hydrogen-bond acceptors (Lipinski definition) is 10. The molecule has 2 heterocycles. The van der Waals surface area contributed by atoms with E-state index in [1.807, 2.05) is 42.5 Å². The van der Waals surface area contributed by atoms with Gasteiger partial charge in [0.15, 0.2) is 7.05 Å². The molecule has 3 aliphatic rings. The highest BCUT2D eigenvalue weighted by Crippen LogP contribution is 2.49. The maximum atomic E-state index is 12.9. The van der Waals surface area contributed by atoms with E-state index in [9.17, 15) is 21.4 Å². The number of nitrogens with zero attached hydrogens (tertiary/aromatic N) is 3. The molecule has 0 saturated heterocycles. The van der Waals surface area contributed by atoms with Gasteiger partial charge in [0.2, 0.25) is 5.71 Å². The monoisotopic (exact) mass is 787 g/mol. The third-order valence-corrected chi connectivity index (χ3v) is 12.8. The summed E-state index contributed by atoms with van der Waals surface area (Å²) < 4.78 is 63.4. The molecule has 0 bridgehead atoms. The number of hydrogen-bond donors (Lipinski definition) is 3. The molecule has 1 fully saturated rings. The van der Waals surface area contributed by atoms with Crippen molar-refractivity contribution >= 4 is 49.5 Å². The molecule has 12 nitrogen and oxygen atoms in total. The highest BCUT2D eigenvalue weighted by molar-refractivity contribution is 7.94. The van der Waals surface area contributed by atoms with Crippen molar-refractivity contribution in [2.75, 3.05) is 41.4 Å². The third-order valence-electron chi connectivity index (χ3n) is 10.4. The van der Waals surface area contributed by atoms with Crippen LogP contribution in [-0.4, -0.2) is 68.0 Å². The summed E-state index contributed by atoms with van der Waals surface area (Å²) in [6.45, 7) is 9.99. The number of para-hydroxylation sites is 2. The fourth-order valence-electron chi connectivity index (χ4n) is 7.73. The van der Waals surface area contributed by atoms with Crippen LogP contribution < -0.4 is 14.9 Å². The van der Waals surface area contributed by atoms with Gasteiger partial charge < -0.3 is 9.80 Å². The Balaban J connectivity index is 1.51. The Kier molecular flexibility index (Phi) is 12.8. The van der Waals surface area contributed by atoms with Crippen LogP contribution in [0.2, 0.25) is 0 Å². The topological polar surface area (TPSA) is 163 Å². The Hall–Kier alpha value is -3.28. The van der Waals surface area contributed by atoms with Gasteiger partial charge in [-0.2, -0.15) is 13.6 Å². The second-order valence-electron chi connectivity index (χ2n) is 14.6. The van der Waals surface area contributed by atoms with E-state index in [1.165, 1.54) is 16.6 Å². The predicted octanol–water partition coefficient (Wildman–Crippen LogP) is 6.80. The molecule has 53 heavy (non-hydrogen) atoms. The van der Waals surface area contributed by atoms with Crippen LogP contribution in [0.3, 0.4) is 0 Å². The number of benzene rings is 2. The van der Waals surface area contributed by atoms with Gasteiger partial charge in [0, 0.05) is 75.6 Å². The lowest BCUT2D eigenvalue weighted by Crippen LogP contribution is -2.31. The molecule has 0 unspecified atom stereocenters. The number of allylic oxidation sites excluding steroid dienone is 8. The first-order valence-corrected chi connectivity index (χ1v) is 21.8. The van der Waals surface area contributed by atoms with Crippen molar-refractivity contribution in [1.82, 2.24) is 0 Å². The number of fused-ring (bicyclic) bond motifs is 2. The van der Waals surface area contributed by atoms with Crippen molar-refractivity contribution < 1.29 is 40.0 Å². The molecule has 1 saturated carbocycles. The van der Waals surface area contributed by atoms with Gasteiger partial charge in [-0.1, -0.05) is 81.3 Å². The molecule has 0 spiro atoms. The van der Waals surface area contributed by atoms with Crippen LogP contribution in [0.1, 0.15) is 77.3 Å². The van der Waals surface area contributed by atoms with Crippen molar-refractivity contribution in [2.24, 2.45) is 5.14 Å². The molecule has 2 aromatic rings. The van der Waals surface area contributed by atoms with E-state index in [2.05, 4.69) is 77.2 Å².